The molecular formula is C11H16N4O5S. The number of H-pyrrole nitrogens is 1. The molecule has 2 rings (SSSR count). The van der Waals surface area contributed by atoms with E-state index in [2.05, 4.69) is 10.2 Å². The first kappa shape index (κ1) is 15.4. The fourth-order valence-electron chi connectivity index (χ4n) is 2.35. The van der Waals surface area contributed by atoms with Gasteiger partial charge in [-0.15, -0.1) is 0 Å². The summed E-state index contributed by atoms with van der Waals surface area (Å²) in [7, 11) is -2.58. The Labute approximate surface area is 121 Å². The van der Waals surface area contributed by atoms with Gasteiger partial charge < -0.3 is 10.0 Å². The number of sulfonamides is 1. The van der Waals surface area contributed by atoms with Crippen LogP contribution in [-0.2, 0) is 14.8 Å². The summed E-state index contributed by atoms with van der Waals surface area (Å²) in [6, 6.07) is 0. The third-order valence-electron chi connectivity index (χ3n) is 3.51. The van der Waals surface area contributed by atoms with Gasteiger partial charge >= 0.3 is 5.97 Å². The first-order valence-electron chi connectivity index (χ1n) is 6.15. The van der Waals surface area contributed by atoms with Gasteiger partial charge in [0.1, 0.15) is 11.1 Å². The van der Waals surface area contributed by atoms with Crippen molar-refractivity contribution in [3.8, 4) is 0 Å². The molecule has 0 spiro atoms. The highest BCUT2D eigenvalue weighted by atomic mass is 32.2. The van der Waals surface area contributed by atoms with Crippen molar-refractivity contribution >= 4 is 21.9 Å². The minimum atomic E-state index is -4.17. The summed E-state index contributed by atoms with van der Waals surface area (Å²) in [4.78, 5) is 24.7. The van der Waals surface area contributed by atoms with Crippen molar-refractivity contribution in [3.05, 3.63) is 11.8 Å². The van der Waals surface area contributed by atoms with E-state index in [1.165, 1.54) is 18.7 Å². The first-order chi connectivity index (χ1) is 9.60. The van der Waals surface area contributed by atoms with Gasteiger partial charge in [0.05, 0.1) is 6.20 Å². The number of carbonyl (C=O) groups is 2. The van der Waals surface area contributed by atoms with Crippen LogP contribution in [0.5, 0.6) is 0 Å². The highest BCUT2D eigenvalue weighted by Crippen LogP contribution is 2.29. The number of hydrogen-bond acceptors (Lipinski definition) is 5. The quantitative estimate of drug-likeness (QED) is 0.763. The Balaban J connectivity index is 2.51. The van der Waals surface area contributed by atoms with E-state index in [1.54, 1.807) is 7.05 Å². The van der Waals surface area contributed by atoms with Crippen molar-refractivity contribution in [1.82, 2.24) is 19.4 Å². The average molecular weight is 316 g/mol. The van der Waals surface area contributed by atoms with Gasteiger partial charge in [0.25, 0.3) is 10.0 Å². The Kier molecular flexibility index (Phi) is 3.54. The Morgan fingerprint density at radius 3 is 2.62 bits per heavy atom. The number of hydrogen-bond donors (Lipinski definition) is 2. The predicted molar refractivity (Wildman–Crippen MR) is 71.2 cm³/mol. The number of nitrogens with zero attached hydrogens (tertiary/aromatic N) is 3. The normalized spacial score (nSPS) is 19.8. The van der Waals surface area contributed by atoms with Crippen molar-refractivity contribution in [2.45, 2.75) is 24.4 Å². The number of nitrogens with one attached hydrogen (secondary N) is 1. The lowest BCUT2D eigenvalue weighted by Crippen LogP contribution is -2.63. The van der Waals surface area contributed by atoms with Gasteiger partial charge in [0.15, 0.2) is 5.03 Å². The summed E-state index contributed by atoms with van der Waals surface area (Å²) in [6.45, 7) is 3.28. The number of piperazine rings is 1. The molecule has 1 aromatic heterocycles. The van der Waals surface area contributed by atoms with Crippen LogP contribution in [0.2, 0.25) is 0 Å². The molecule has 1 aliphatic heterocycles. The number of aromatic carboxylic acids is 1. The Bertz CT molecular complexity index is 693. The molecule has 1 aromatic rings. The smallest absolute Gasteiger partial charge is 0.340 e. The number of carboxylic acid groups (broad SMARTS) is 1. The van der Waals surface area contributed by atoms with Gasteiger partial charge in [0.2, 0.25) is 5.91 Å². The fraction of sp³-hybridized carbons (Fsp3) is 0.545. The van der Waals surface area contributed by atoms with E-state index in [9.17, 15) is 18.0 Å². The molecule has 10 heteroatoms. The molecule has 0 aliphatic carbocycles. The summed E-state index contributed by atoms with van der Waals surface area (Å²) < 4.78 is 26.3. The number of carboxylic acids is 1. The van der Waals surface area contributed by atoms with Crippen LogP contribution in [0.1, 0.15) is 24.2 Å². The van der Waals surface area contributed by atoms with E-state index >= 15 is 0 Å². The van der Waals surface area contributed by atoms with Crippen LogP contribution in [0.3, 0.4) is 0 Å². The number of carbonyl (C=O) groups excluding carboxylic acids is 1. The Morgan fingerprint density at radius 1 is 1.43 bits per heavy atom. The number of rotatable bonds is 3. The number of aromatic nitrogens is 2. The molecule has 0 saturated carbocycles. The monoisotopic (exact) mass is 316 g/mol. The topological polar surface area (TPSA) is 124 Å². The summed E-state index contributed by atoms with van der Waals surface area (Å²) in [5.41, 5.74) is -1.75. The summed E-state index contributed by atoms with van der Waals surface area (Å²) in [6.07, 6.45) is 0.931. The highest BCUT2D eigenvalue weighted by molar-refractivity contribution is 7.89. The molecule has 1 saturated heterocycles. The molecule has 0 radical (unpaired) electrons. The SMILES string of the molecule is CN1CCN(S(=O)(=O)c2[nH]ncc2C(=O)O)C(C)(C)C1=O. The van der Waals surface area contributed by atoms with Crippen LogP contribution in [0.4, 0.5) is 0 Å². The Hall–Kier alpha value is -1.94. The van der Waals surface area contributed by atoms with Crippen LogP contribution >= 0.6 is 0 Å². The molecular weight excluding hydrogens is 300 g/mol. The van der Waals surface area contributed by atoms with Gasteiger partial charge in [-0.25, -0.2) is 13.2 Å². The molecule has 0 unspecified atom stereocenters. The van der Waals surface area contributed by atoms with Crippen molar-refractivity contribution < 1.29 is 23.1 Å². The molecule has 0 aromatic carbocycles. The Morgan fingerprint density at radius 2 is 2.05 bits per heavy atom. The lowest BCUT2D eigenvalue weighted by Gasteiger charge is -2.43. The van der Waals surface area contributed by atoms with Crippen LogP contribution in [0.15, 0.2) is 11.2 Å². The first-order valence-corrected chi connectivity index (χ1v) is 7.59. The van der Waals surface area contributed by atoms with Crippen molar-refractivity contribution in [1.29, 1.82) is 0 Å². The second kappa shape index (κ2) is 4.81. The number of aromatic amines is 1. The molecule has 1 aliphatic rings. The molecule has 0 atom stereocenters. The summed E-state index contributed by atoms with van der Waals surface area (Å²) in [5, 5.41) is 14.2. The second-order valence-electron chi connectivity index (χ2n) is 5.28. The third-order valence-corrected chi connectivity index (χ3v) is 5.56. The van der Waals surface area contributed by atoms with E-state index in [4.69, 9.17) is 5.11 Å². The van der Waals surface area contributed by atoms with Crippen LogP contribution in [0.25, 0.3) is 0 Å². The average Bonchev–Trinajstić information content (AvgIpc) is 2.85. The predicted octanol–water partition coefficient (Wildman–Crippen LogP) is -0.651. The van der Waals surface area contributed by atoms with Crippen molar-refractivity contribution in [2.75, 3.05) is 20.1 Å². The second-order valence-corrected chi connectivity index (χ2v) is 7.08. The molecule has 1 amide bonds. The van der Waals surface area contributed by atoms with Crippen molar-refractivity contribution in [2.24, 2.45) is 0 Å². The maximum atomic E-state index is 12.7. The maximum Gasteiger partial charge on any atom is 0.340 e. The fourth-order valence-corrected chi connectivity index (χ4v) is 4.16. The van der Waals surface area contributed by atoms with E-state index in [0.717, 1.165) is 10.5 Å². The zero-order valence-corrected chi connectivity index (χ0v) is 12.6. The van der Waals surface area contributed by atoms with Crippen molar-refractivity contribution in [3.63, 3.8) is 0 Å². The number of likely N-dealkylation sites (N-methyl/N-ethyl adjacent to an activating group) is 1. The largest absolute Gasteiger partial charge is 0.478 e. The zero-order valence-electron chi connectivity index (χ0n) is 11.8. The minimum absolute atomic E-state index is 0.0790. The molecule has 0 bridgehead atoms. The van der Waals surface area contributed by atoms with E-state index in [-0.39, 0.29) is 19.0 Å². The lowest BCUT2D eigenvalue weighted by atomic mass is 10.0. The molecule has 116 valence electrons. The van der Waals surface area contributed by atoms with Crippen LogP contribution in [-0.4, -0.2) is 70.5 Å². The summed E-state index contributed by atoms with van der Waals surface area (Å²) >= 11 is 0. The van der Waals surface area contributed by atoms with Gasteiger partial charge in [-0.05, 0) is 13.8 Å². The van der Waals surface area contributed by atoms with Gasteiger partial charge in [-0.1, -0.05) is 0 Å². The highest BCUT2D eigenvalue weighted by Gasteiger charge is 2.48. The van der Waals surface area contributed by atoms with Gasteiger partial charge in [-0.3, -0.25) is 9.89 Å². The maximum absolute atomic E-state index is 12.7. The summed E-state index contributed by atoms with van der Waals surface area (Å²) in [5.74, 6) is -1.76. The van der Waals surface area contributed by atoms with Crippen LogP contribution < -0.4 is 0 Å². The number of amides is 1. The molecule has 2 heterocycles. The molecule has 1 fully saturated rings. The van der Waals surface area contributed by atoms with E-state index < -0.39 is 32.1 Å². The minimum Gasteiger partial charge on any atom is -0.478 e. The molecule has 21 heavy (non-hydrogen) atoms. The molecule has 9 nitrogen and oxygen atoms in total. The van der Waals surface area contributed by atoms with Crippen LogP contribution in [0, 0.1) is 0 Å². The lowest BCUT2D eigenvalue weighted by molar-refractivity contribution is -0.142. The molecule has 2 N–H and O–H groups in total. The van der Waals surface area contributed by atoms with E-state index in [1.807, 2.05) is 0 Å². The van der Waals surface area contributed by atoms with Gasteiger partial charge in [0, 0.05) is 20.1 Å². The van der Waals surface area contributed by atoms with Gasteiger partial charge in [-0.2, -0.15) is 9.40 Å². The van der Waals surface area contributed by atoms with E-state index in [0.29, 0.717) is 0 Å². The zero-order chi connectivity index (χ0) is 16.0. The standard InChI is InChI=1S/C11H16N4O5S/c1-11(2)10(18)14(3)4-5-15(11)21(19,20)8-7(9(16)17)6-12-13-8/h6H,4-5H2,1-3H3,(H,12,13)(H,16,17). The third kappa shape index (κ3) is 2.29.